The number of rotatable bonds is 13. The maximum atomic E-state index is 14.2. The molecule has 55 heavy (non-hydrogen) atoms. The monoisotopic (exact) mass is 766 g/mol. The summed E-state index contributed by atoms with van der Waals surface area (Å²) < 4.78 is 11.8. The van der Waals surface area contributed by atoms with Crippen molar-refractivity contribution < 1.29 is 33.8 Å². The van der Waals surface area contributed by atoms with E-state index in [0.29, 0.717) is 31.3 Å². The van der Waals surface area contributed by atoms with Crippen LogP contribution in [0.25, 0.3) is 0 Å². The van der Waals surface area contributed by atoms with Crippen LogP contribution >= 0.6 is 0 Å². The molecule has 1 unspecified atom stereocenters. The standard InChI is InChI=1S/C45H71N3O7/c1-28(2)37-31(49)22-45(34(50)26-48(21-20-47(10)11)25-29-24-46-27-54-29)19-18-43(8)30(38(37)45)12-13-33-42(7)16-15-35(55-36(51)23-40(3,4)39(52)53)41(5,6)32(42)14-17-44(33,43)9/h24,27-28,30,32-35,50H,12-23,25-26H2,1-11H3,(H,52,53)/t30-,32+,33-,34+,35?,42+,43-,44-,45+/m1/s1. The zero-order valence-electron chi connectivity index (χ0n) is 35.8. The number of fused-ring (bicyclic) bond motifs is 7. The molecule has 1 aromatic rings. The average Bonchev–Trinajstić information content (AvgIpc) is 3.70. The minimum atomic E-state index is -1.17. The van der Waals surface area contributed by atoms with Crippen LogP contribution < -0.4 is 0 Å². The number of carbonyl (C=O) groups is 3. The molecule has 10 heteroatoms. The van der Waals surface area contributed by atoms with Crippen molar-refractivity contribution in [2.45, 2.75) is 145 Å². The van der Waals surface area contributed by atoms with Gasteiger partial charge in [0.1, 0.15) is 11.9 Å². The van der Waals surface area contributed by atoms with Crippen LogP contribution in [0.5, 0.6) is 0 Å². The third kappa shape index (κ3) is 6.96. The first kappa shape index (κ1) is 42.1. The molecule has 0 bridgehead atoms. The first-order valence-electron chi connectivity index (χ1n) is 21.2. The summed E-state index contributed by atoms with van der Waals surface area (Å²) in [4.78, 5) is 47.7. The van der Waals surface area contributed by atoms with Crippen LogP contribution in [0.1, 0.15) is 132 Å². The lowest BCUT2D eigenvalue weighted by Gasteiger charge is -2.72. The summed E-state index contributed by atoms with van der Waals surface area (Å²) in [5.74, 6) is 0.745. The number of esters is 1. The summed E-state index contributed by atoms with van der Waals surface area (Å²) in [6.45, 7) is 22.3. The number of allylic oxidation sites excluding steroid dienone is 1. The lowest BCUT2D eigenvalue weighted by atomic mass is 9.33. The second-order valence-corrected chi connectivity index (χ2v) is 21.1. The van der Waals surface area contributed by atoms with Gasteiger partial charge in [-0.25, -0.2) is 4.98 Å². The number of Topliss-reactive ketones (excluding diaryl/α,β-unsaturated/α-hetero) is 1. The average molecular weight is 766 g/mol. The molecule has 10 nitrogen and oxygen atoms in total. The van der Waals surface area contributed by atoms with Crippen LogP contribution in [0.4, 0.5) is 0 Å². The van der Waals surface area contributed by atoms with Gasteiger partial charge < -0.3 is 24.3 Å². The molecule has 0 amide bonds. The molecule has 5 aliphatic carbocycles. The van der Waals surface area contributed by atoms with E-state index in [9.17, 15) is 24.6 Å². The normalized spacial score (nSPS) is 36.4. The Balaban J connectivity index is 1.28. The maximum absolute atomic E-state index is 14.2. The number of aliphatic carboxylic acids is 1. The van der Waals surface area contributed by atoms with Crippen molar-refractivity contribution in [1.29, 1.82) is 0 Å². The van der Waals surface area contributed by atoms with Crippen LogP contribution in [0, 0.1) is 56.2 Å². The van der Waals surface area contributed by atoms with E-state index in [-0.39, 0.29) is 51.8 Å². The van der Waals surface area contributed by atoms with E-state index in [1.165, 1.54) is 12.0 Å². The molecule has 0 spiro atoms. The van der Waals surface area contributed by atoms with E-state index < -0.39 is 28.9 Å². The Morgan fingerprint density at radius 3 is 2.31 bits per heavy atom. The number of hydrogen-bond donors (Lipinski definition) is 2. The SMILES string of the molecule is CC(C)C1=C2[C@H]3CC[C@@H]4[C@@]5(C)CCC(OC(=O)CC(C)(C)C(=O)O)C(C)(C)[C@@H]5CC[C@@]4(C)[C@]3(C)CC[C@@]2([C@@H](O)CN(CCN(C)C)Cc2cnco2)CC1=O. The predicted molar refractivity (Wildman–Crippen MR) is 212 cm³/mol. The topological polar surface area (TPSA) is 133 Å². The van der Waals surface area contributed by atoms with Gasteiger partial charge in [0.05, 0.1) is 30.7 Å². The third-order valence-corrected chi connectivity index (χ3v) is 16.7. The number of aromatic nitrogens is 1. The number of aliphatic hydroxyl groups is 1. The van der Waals surface area contributed by atoms with Gasteiger partial charge in [-0.3, -0.25) is 19.3 Å². The van der Waals surface area contributed by atoms with Gasteiger partial charge >= 0.3 is 11.9 Å². The number of likely N-dealkylation sites (N-methyl/N-ethyl adjacent to an activating group) is 1. The number of oxazole rings is 1. The number of hydrogen-bond acceptors (Lipinski definition) is 9. The van der Waals surface area contributed by atoms with Gasteiger partial charge in [-0.1, -0.05) is 54.0 Å². The summed E-state index contributed by atoms with van der Waals surface area (Å²) in [6, 6.07) is 0. The number of carbonyl (C=O) groups excluding carboxylic acids is 2. The molecule has 0 radical (unpaired) electrons. The van der Waals surface area contributed by atoms with Gasteiger partial charge in [-0.15, -0.1) is 0 Å². The second-order valence-electron chi connectivity index (χ2n) is 21.1. The smallest absolute Gasteiger partial charge is 0.309 e. The van der Waals surface area contributed by atoms with Gasteiger partial charge in [0.25, 0.3) is 0 Å². The molecule has 9 atom stereocenters. The molecule has 5 aliphatic rings. The van der Waals surface area contributed by atoms with Gasteiger partial charge in [0.2, 0.25) is 0 Å². The molecule has 4 fully saturated rings. The van der Waals surface area contributed by atoms with Crippen LogP contribution in [0.2, 0.25) is 0 Å². The molecular weight excluding hydrogens is 695 g/mol. The van der Waals surface area contributed by atoms with Crippen molar-refractivity contribution >= 4 is 17.7 Å². The first-order chi connectivity index (χ1) is 25.5. The number of aliphatic hydroxyl groups excluding tert-OH is 1. The van der Waals surface area contributed by atoms with Gasteiger partial charge in [-0.05, 0) is 125 Å². The summed E-state index contributed by atoms with van der Waals surface area (Å²) in [7, 11) is 4.12. The Kier molecular flexibility index (Phi) is 11.2. The molecule has 1 aromatic heterocycles. The minimum absolute atomic E-state index is 0.0342. The quantitative estimate of drug-likeness (QED) is 0.192. The zero-order chi connectivity index (χ0) is 40.5. The maximum Gasteiger partial charge on any atom is 0.309 e. The van der Waals surface area contributed by atoms with Crippen molar-refractivity contribution in [1.82, 2.24) is 14.8 Å². The van der Waals surface area contributed by atoms with Crippen molar-refractivity contribution in [2.24, 2.45) is 56.2 Å². The minimum Gasteiger partial charge on any atom is -0.481 e. The fourth-order valence-corrected chi connectivity index (χ4v) is 13.4. The van der Waals surface area contributed by atoms with Crippen LogP contribution in [0.15, 0.2) is 28.2 Å². The first-order valence-corrected chi connectivity index (χ1v) is 21.2. The van der Waals surface area contributed by atoms with Crippen LogP contribution in [0.3, 0.4) is 0 Å². The lowest BCUT2D eigenvalue weighted by Crippen LogP contribution is -2.66. The Bertz CT molecular complexity index is 1650. The highest BCUT2D eigenvalue weighted by Crippen LogP contribution is 2.77. The van der Waals surface area contributed by atoms with Gasteiger partial charge in [0, 0.05) is 36.9 Å². The van der Waals surface area contributed by atoms with Gasteiger partial charge in [-0.2, -0.15) is 0 Å². The molecule has 6 rings (SSSR count). The van der Waals surface area contributed by atoms with Crippen molar-refractivity contribution in [3.05, 3.63) is 29.5 Å². The Hall–Kier alpha value is -2.56. The van der Waals surface area contributed by atoms with Crippen molar-refractivity contribution in [3.8, 4) is 0 Å². The fraction of sp³-hybridized carbons (Fsp3) is 0.822. The highest BCUT2D eigenvalue weighted by Gasteiger charge is 2.71. The highest BCUT2D eigenvalue weighted by molar-refractivity contribution is 6.00. The number of carboxylic acids is 1. The van der Waals surface area contributed by atoms with E-state index in [0.717, 1.165) is 75.8 Å². The second kappa shape index (κ2) is 14.7. The summed E-state index contributed by atoms with van der Waals surface area (Å²) >= 11 is 0. The van der Waals surface area contributed by atoms with Crippen molar-refractivity contribution in [2.75, 3.05) is 33.7 Å². The Morgan fingerprint density at radius 2 is 1.69 bits per heavy atom. The fourth-order valence-electron chi connectivity index (χ4n) is 13.4. The van der Waals surface area contributed by atoms with Crippen molar-refractivity contribution in [3.63, 3.8) is 0 Å². The summed E-state index contributed by atoms with van der Waals surface area (Å²) in [5, 5.41) is 22.2. The Morgan fingerprint density at radius 1 is 0.982 bits per heavy atom. The van der Waals surface area contributed by atoms with E-state index >= 15 is 0 Å². The van der Waals surface area contributed by atoms with Gasteiger partial charge in [0.15, 0.2) is 12.2 Å². The van der Waals surface area contributed by atoms with E-state index in [1.54, 1.807) is 20.0 Å². The molecule has 0 aromatic carbocycles. The molecule has 1 heterocycles. The molecule has 0 aliphatic heterocycles. The van der Waals surface area contributed by atoms with E-state index in [2.05, 4.69) is 77.3 Å². The number of nitrogens with zero attached hydrogens (tertiary/aromatic N) is 3. The number of carboxylic acid groups (broad SMARTS) is 1. The zero-order valence-corrected chi connectivity index (χ0v) is 35.8. The van der Waals surface area contributed by atoms with E-state index in [4.69, 9.17) is 9.15 Å². The molecule has 308 valence electrons. The van der Waals surface area contributed by atoms with E-state index in [1.807, 2.05) is 0 Å². The predicted octanol–water partition coefficient (Wildman–Crippen LogP) is 7.79. The molecule has 4 saturated carbocycles. The summed E-state index contributed by atoms with van der Waals surface area (Å²) in [5.41, 5.74) is 0.335. The molecular formula is C45H71N3O7. The van der Waals surface area contributed by atoms with Crippen LogP contribution in [-0.4, -0.2) is 88.7 Å². The number of ether oxygens (including phenoxy) is 1. The molecule has 2 N–H and O–H groups in total. The third-order valence-electron chi connectivity index (χ3n) is 16.7. The number of ketones is 1. The molecule has 0 saturated heterocycles. The Labute approximate surface area is 330 Å². The largest absolute Gasteiger partial charge is 0.481 e. The lowest BCUT2D eigenvalue weighted by molar-refractivity contribution is -0.235. The summed E-state index contributed by atoms with van der Waals surface area (Å²) in [6.07, 6.45) is 10.3. The highest BCUT2D eigenvalue weighted by atomic mass is 16.5. The van der Waals surface area contributed by atoms with Crippen LogP contribution in [-0.2, 0) is 25.7 Å².